The standard InChI is InChI=1S/C78H100N18O19S2/c1-40(2)65(95-72(108)58(30-47-34-82-53-20-12-10-18-51(47)53)91-71(107)60(32-64(101)102)88-67(103)41(3)85-74(110)61(37-116)86-43(5)98)76(112)94-62(38-117)75(111)89-56(28-45-22-24-49(99)25-23-45)69(105)90-57(29-46-33-81-52-19-11-9-17-50(46)52)70(106)92-59(31-48-35-80-39-84-48)73(109)96-66(42(4)97)77(113)93-55(27-44-15-7-6-8-16-44)68(104)83-36-63(100)87-54(78(114)115)21-13-14-26-79/h6-12,15-20,22-25,33-35,39-42,54-62,65-66,81-82,97,99,116-117H,13-14,21,26-32,36-38,79H2,1-5H3,(H,80,84)(H,83,104)(H,85,110)(H,86,98)(H,87,100)(H,88,103)(H,89,111)(H,90,105)(H,91,107)(H,92,106)(H,93,113)(H,94,112)(H,95,108)(H,96,109)(H,101,102)(H,114,115)/t41-,42+,54+,55-,56-,57-,58-,59-,60-,61-,62-,65-,66-/m0/s1. The minimum absolute atomic E-state index is 0.0598. The largest absolute Gasteiger partial charge is 0.508 e. The number of unbranched alkanes of at least 4 members (excludes halogenated alkanes) is 1. The molecule has 3 heterocycles. The molecule has 3 aromatic heterocycles. The van der Waals surface area contributed by atoms with Gasteiger partial charge in [0.25, 0.3) is 0 Å². The second-order valence-electron chi connectivity index (χ2n) is 28.3. The van der Waals surface area contributed by atoms with Crippen LogP contribution in [-0.4, -0.2) is 232 Å². The maximum Gasteiger partial charge on any atom is 0.326 e. The number of carbonyl (C=O) groups excluding carboxylic acids is 13. The maximum atomic E-state index is 15.3. The SMILES string of the molecule is CC(=O)N[C@@H](CS)C(=O)N[C@@H](C)C(=O)N[C@@H](CC(=O)O)C(=O)N[C@@H](Cc1c[nH]c2ccccc12)C(=O)N[C@H](C(=O)N[C@@H](CS)C(=O)N[C@@H](Cc1ccc(O)cc1)C(=O)N[C@@H](Cc1c[nH]c2ccccc12)C(=O)N[C@@H](Cc1cnc[nH]1)C(=O)N[C@H](C(=O)N[C@@H](Cc1ccccc1)C(=O)NCC(=O)N[C@H](CCCCN)C(=O)O)[C@@H](C)O)C(C)C. The molecule has 117 heavy (non-hydrogen) atoms. The van der Waals surface area contributed by atoms with Gasteiger partial charge in [-0.05, 0) is 92.1 Å². The fourth-order valence-corrected chi connectivity index (χ4v) is 13.0. The number of thiol groups is 2. The average Bonchev–Trinajstić information content (AvgIpc) is 1.70. The molecular formula is C78H100N18O19S2. The molecule has 0 aliphatic heterocycles. The lowest BCUT2D eigenvalue weighted by atomic mass is 9.99. The van der Waals surface area contributed by atoms with Crippen LogP contribution in [-0.2, 0) is 104 Å². The summed E-state index contributed by atoms with van der Waals surface area (Å²) in [5, 5.41) is 75.1. The minimum Gasteiger partial charge on any atom is -0.508 e. The molecule has 13 amide bonds. The summed E-state index contributed by atoms with van der Waals surface area (Å²) in [6, 6.07) is 9.03. The Kier molecular flexibility index (Phi) is 35.4. The van der Waals surface area contributed by atoms with Gasteiger partial charge < -0.3 is 110 Å². The van der Waals surface area contributed by atoms with Gasteiger partial charge in [0.2, 0.25) is 76.8 Å². The zero-order chi connectivity index (χ0) is 85.6. The molecule has 7 aromatic rings. The van der Waals surface area contributed by atoms with Crippen molar-refractivity contribution >= 4 is 136 Å². The van der Waals surface area contributed by atoms with Gasteiger partial charge in [0.15, 0.2) is 0 Å². The second kappa shape index (κ2) is 45.1. The van der Waals surface area contributed by atoms with Gasteiger partial charge in [-0.3, -0.25) is 67.1 Å². The van der Waals surface area contributed by atoms with Gasteiger partial charge in [-0.1, -0.05) is 92.7 Å². The number of benzene rings is 4. The predicted molar refractivity (Wildman–Crippen MR) is 433 cm³/mol. The predicted octanol–water partition coefficient (Wildman–Crippen LogP) is -1.85. The number of H-pyrrole nitrogens is 3. The molecule has 0 saturated heterocycles. The number of imidazole rings is 1. The van der Waals surface area contributed by atoms with Crippen molar-refractivity contribution in [3.8, 4) is 5.75 Å². The highest BCUT2D eigenvalue weighted by Crippen LogP contribution is 2.23. The third kappa shape index (κ3) is 28.3. The number of amides is 13. The number of aromatic amines is 3. The number of nitrogens with zero attached hydrogens (tertiary/aromatic N) is 1. The van der Waals surface area contributed by atoms with Crippen LogP contribution in [0.2, 0.25) is 0 Å². The molecule has 0 saturated carbocycles. The van der Waals surface area contributed by atoms with Gasteiger partial charge >= 0.3 is 11.9 Å². The van der Waals surface area contributed by atoms with Crippen molar-refractivity contribution in [1.29, 1.82) is 0 Å². The molecular weight excluding hydrogens is 1560 g/mol. The molecule has 7 rings (SSSR count). The number of carboxylic acids is 2. The highest BCUT2D eigenvalue weighted by Gasteiger charge is 2.39. The molecule has 22 N–H and O–H groups in total. The summed E-state index contributed by atoms with van der Waals surface area (Å²) >= 11 is 8.48. The summed E-state index contributed by atoms with van der Waals surface area (Å²) in [6.45, 7) is 6.26. The Morgan fingerprint density at radius 3 is 1.40 bits per heavy atom. The molecule has 0 fully saturated rings. The number of hydrogen-bond acceptors (Lipinski definition) is 21. The lowest BCUT2D eigenvalue weighted by Crippen LogP contribution is -2.62. The van der Waals surface area contributed by atoms with E-state index in [1.165, 1.54) is 50.6 Å². The molecule has 13 atom stereocenters. The van der Waals surface area contributed by atoms with E-state index in [4.69, 9.17) is 5.73 Å². The van der Waals surface area contributed by atoms with E-state index < -0.39 is 192 Å². The van der Waals surface area contributed by atoms with Crippen molar-refractivity contribution in [1.82, 2.24) is 89.1 Å². The Hall–Kier alpha value is -12.4. The van der Waals surface area contributed by atoms with E-state index in [2.05, 4.69) is 114 Å². The van der Waals surface area contributed by atoms with E-state index in [1.54, 1.807) is 105 Å². The molecule has 0 unspecified atom stereocenters. The molecule has 628 valence electrons. The second-order valence-corrected chi connectivity index (χ2v) is 29.0. The van der Waals surface area contributed by atoms with Crippen molar-refractivity contribution in [3.05, 3.63) is 156 Å². The monoisotopic (exact) mass is 1660 g/mol. The highest BCUT2D eigenvalue weighted by atomic mass is 32.1. The van der Waals surface area contributed by atoms with Crippen LogP contribution >= 0.6 is 25.3 Å². The summed E-state index contributed by atoms with van der Waals surface area (Å²) in [7, 11) is 0. The number of para-hydroxylation sites is 2. The summed E-state index contributed by atoms with van der Waals surface area (Å²) in [4.78, 5) is 221. The Balaban J connectivity index is 1.13. The normalized spacial score (nSPS) is 14.5. The number of rotatable bonds is 46. The number of nitrogens with two attached hydrogens (primary N) is 1. The van der Waals surface area contributed by atoms with Crippen molar-refractivity contribution in [2.45, 2.75) is 171 Å². The number of fused-ring (bicyclic) bond motifs is 2. The number of phenolic OH excluding ortho intramolecular Hbond substituents is 1. The van der Waals surface area contributed by atoms with Crippen LogP contribution in [0.15, 0.2) is 128 Å². The van der Waals surface area contributed by atoms with E-state index in [9.17, 15) is 82.8 Å². The Morgan fingerprint density at radius 2 is 0.897 bits per heavy atom. The molecule has 0 aliphatic rings. The quantitative estimate of drug-likeness (QED) is 0.0147. The van der Waals surface area contributed by atoms with Crippen LogP contribution in [0.25, 0.3) is 21.8 Å². The number of carboxylic acid groups (broad SMARTS) is 2. The molecule has 0 spiro atoms. The number of nitrogens with one attached hydrogen (secondary N) is 16. The summed E-state index contributed by atoms with van der Waals surface area (Å²) < 4.78 is 0. The number of aliphatic hydroxyl groups is 1. The first kappa shape index (κ1) is 91.8. The van der Waals surface area contributed by atoms with Crippen molar-refractivity contribution in [3.63, 3.8) is 0 Å². The molecule has 0 bridgehead atoms. The average molecular weight is 1660 g/mol. The first-order chi connectivity index (χ1) is 55.7. The first-order valence-corrected chi connectivity index (χ1v) is 38.8. The van der Waals surface area contributed by atoms with Crippen LogP contribution in [0.4, 0.5) is 0 Å². The molecule has 4 aromatic carbocycles. The number of aromatic nitrogens is 4. The minimum atomic E-state index is -1.87. The van der Waals surface area contributed by atoms with Gasteiger partial charge in [-0.2, -0.15) is 25.3 Å². The Morgan fingerprint density at radius 1 is 0.453 bits per heavy atom. The highest BCUT2D eigenvalue weighted by molar-refractivity contribution is 7.80. The van der Waals surface area contributed by atoms with Gasteiger partial charge in [0.05, 0.1) is 25.4 Å². The first-order valence-electron chi connectivity index (χ1n) is 37.6. The van der Waals surface area contributed by atoms with Gasteiger partial charge in [0, 0.05) is 96.6 Å². The smallest absolute Gasteiger partial charge is 0.326 e. The third-order valence-electron chi connectivity index (χ3n) is 18.8. The van der Waals surface area contributed by atoms with Crippen LogP contribution in [0.5, 0.6) is 5.75 Å². The van der Waals surface area contributed by atoms with Crippen LogP contribution in [0, 0.1) is 5.92 Å². The fraction of sp³-hybridized carbons (Fsp3) is 0.410. The number of aromatic hydroxyl groups is 1. The van der Waals surface area contributed by atoms with Crippen molar-refractivity contribution < 1.29 is 92.3 Å². The molecule has 0 aliphatic carbocycles. The van der Waals surface area contributed by atoms with E-state index in [1.807, 2.05) is 0 Å². The summed E-state index contributed by atoms with van der Waals surface area (Å²) in [5.41, 5.74) is 8.92. The van der Waals surface area contributed by atoms with E-state index in [0.717, 1.165) is 6.92 Å². The zero-order valence-electron chi connectivity index (χ0n) is 64.7. The Labute approximate surface area is 682 Å². The number of hydrogen-bond donors (Lipinski definition) is 23. The summed E-state index contributed by atoms with van der Waals surface area (Å²) in [6.07, 6.45) is 2.54. The summed E-state index contributed by atoms with van der Waals surface area (Å²) in [5.74, 6) is -17.0. The number of phenols is 1. The van der Waals surface area contributed by atoms with Crippen molar-refractivity contribution in [2.75, 3.05) is 24.6 Å². The van der Waals surface area contributed by atoms with Crippen LogP contribution in [0.1, 0.15) is 88.2 Å². The number of aliphatic carboxylic acids is 2. The lowest BCUT2D eigenvalue weighted by Gasteiger charge is -2.29. The van der Waals surface area contributed by atoms with Gasteiger partial charge in [0.1, 0.15) is 78.3 Å². The lowest BCUT2D eigenvalue weighted by molar-refractivity contribution is -0.142. The topological polar surface area (TPSA) is 580 Å². The zero-order valence-corrected chi connectivity index (χ0v) is 66.5. The molecule has 37 nitrogen and oxygen atoms in total. The van der Waals surface area contributed by atoms with Crippen LogP contribution < -0.4 is 74.9 Å². The molecule has 39 heteroatoms. The number of aliphatic hydroxyl groups excluding tert-OH is 1. The van der Waals surface area contributed by atoms with Gasteiger partial charge in [-0.15, -0.1) is 0 Å². The Bertz CT molecular complexity index is 4620. The third-order valence-corrected chi connectivity index (χ3v) is 19.5. The van der Waals surface area contributed by atoms with E-state index >= 15 is 9.59 Å². The molecule has 0 radical (unpaired) electrons. The van der Waals surface area contributed by atoms with E-state index in [-0.39, 0.29) is 55.7 Å². The van der Waals surface area contributed by atoms with Crippen molar-refractivity contribution in [2.24, 2.45) is 11.7 Å². The number of carbonyl (C=O) groups is 15. The van der Waals surface area contributed by atoms with Gasteiger partial charge in [-0.25, -0.2) is 9.78 Å². The maximum absolute atomic E-state index is 15.3. The fourth-order valence-electron chi connectivity index (χ4n) is 12.5. The van der Waals surface area contributed by atoms with E-state index in [0.29, 0.717) is 63.4 Å². The van der Waals surface area contributed by atoms with Crippen LogP contribution in [0.3, 0.4) is 0 Å².